The summed E-state index contributed by atoms with van der Waals surface area (Å²) in [5, 5.41) is 7.34. The number of hydrogen-bond donors (Lipinski definition) is 2. The number of carbonyl (C=O) groups excluding carboxylic acids is 1. The minimum atomic E-state index is -0.333. The number of aryl methyl sites for hydroxylation is 1. The molecule has 166 valence electrons. The van der Waals surface area contributed by atoms with Gasteiger partial charge < -0.3 is 20.1 Å². The molecular weight excluding hydrogens is 517 g/mol. The second kappa shape index (κ2) is 12.7. The van der Waals surface area contributed by atoms with Gasteiger partial charge in [-0.15, -0.1) is 35.3 Å². The number of ether oxygens (including phenoxy) is 2. The van der Waals surface area contributed by atoms with E-state index in [0.29, 0.717) is 35.6 Å². The van der Waals surface area contributed by atoms with Gasteiger partial charge in [0, 0.05) is 25.9 Å². The highest BCUT2D eigenvalue weighted by Crippen LogP contribution is 2.24. The largest absolute Gasteiger partial charge is 0.475 e. The van der Waals surface area contributed by atoms with Gasteiger partial charge in [-0.25, -0.2) is 14.8 Å². The summed E-state index contributed by atoms with van der Waals surface area (Å²) in [7, 11) is 1.71. The Kier molecular flexibility index (Phi) is 11.0. The Hall–Kier alpha value is -1.95. The number of thiazole rings is 1. The van der Waals surface area contributed by atoms with Crippen LogP contribution >= 0.6 is 35.3 Å². The van der Waals surface area contributed by atoms with Gasteiger partial charge in [-0.2, -0.15) is 0 Å². The van der Waals surface area contributed by atoms with E-state index in [1.165, 1.54) is 11.3 Å². The predicted octanol–water partition coefficient (Wildman–Crippen LogP) is 3.85. The molecule has 10 heteroatoms. The number of aliphatic imine (C=N–C) groups is 1. The molecule has 2 heterocycles. The molecule has 0 aliphatic heterocycles. The van der Waals surface area contributed by atoms with Crippen LogP contribution < -0.4 is 15.4 Å². The van der Waals surface area contributed by atoms with Gasteiger partial charge >= 0.3 is 5.97 Å². The van der Waals surface area contributed by atoms with Crippen LogP contribution in [0.1, 0.15) is 59.7 Å². The first-order valence-electron chi connectivity index (χ1n) is 9.57. The maximum Gasteiger partial charge on any atom is 0.350 e. The SMILES string of the molecule is CCOC(=O)c1sc(C(C)NC(=NC)NCc2ccc(OC(C)C)nc2)nc1C.I. The third kappa shape index (κ3) is 7.71. The van der Waals surface area contributed by atoms with Crippen LogP contribution in [0, 0.1) is 6.92 Å². The number of pyridine rings is 1. The van der Waals surface area contributed by atoms with Gasteiger partial charge in [-0.3, -0.25) is 4.99 Å². The van der Waals surface area contributed by atoms with E-state index in [9.17, 15) is 4.79 Å². The number of aromatic nitrogens is 2. The van der Waals surface area contributed by atoms with Crippen molar-refractivity contribution in [2.24, 2.45) is 4.99 Å². The zero-order valence-corrected chi connectivity index (χ0v) is 21.3. The lowest BCUT2D eigenvalue weighted by Crippen LogP contribution is -2.38. The molecule has 0 amide bonds. The highest BCUT2D eigenvalue weighted by molar-refractivity contribution is 14.0. The lowest BCUT2D eigenvalue weighted by Gasteiger charge is -2.16. The molecule has 2 aromatic rings. The molecule has 2 rings (SSSR count). The minimum absolute atomic E-state index is 0. The molecule has 30 heavy (non-hydrogen) atoms. The van der Waals surface area contributed by atoms with Crippen LogP contribution in [0.25, 0.3) is 0 Å². The average Bonchev–Trinajstić information content (AvgIpc) is 3.08. The summed E-state index contributed by atoms with van der Waals surface area (Å²) >= 11 is 1.33. The Labute approximate surface area is 198 Å². The number of nitrogens with zero attached hydrogens (tertiary/aromatic N) is 3. The molecular formula is C20H30IN5O3S. The Morgan fingerprint density at radius 2 is 2.03 bits per heavy atom. The van der Waals surface area contributed by atoms with E-state index >= 15 is 0 Å². The molecule has 0 saturated carbocycles. The second-order valence-corrected chi connectivity index (χ2v) is 7.68. The smallest absolute Gasteiger partial charge is 0.350 e. The van der Waals surface area contributed by atoms with Gasteiger partial charge in [0.25, 0.3) is 0 Å². The molecule has 1 atom stereocenters. The molecule has 0 bridgehead atoms. The molecule has 1 unspecified atom stereocenters. The number of nitrogens with one attached hydrogen (secondary N) is 2. The lowest BCUT2D eigenvalue weighted by molar-refractivity contribution is 0.0531. The molecule has 0 spiro atoms. The van der Waals surface area contributed by atoms with Crippen molar-refractivity contribution >= 4 is 47.2 Å². The van der Waals surface area contributed by atoms with Gasteiger partial charge in [-0.05, 0) is 40.2 Å². The molecule has 0 aliphatic carbocycles. The van der Waals surface area contributed by atoms with Crippen LogP contribution in [0.2, 0.25) is 0 Å². The maximum absolute atomic E-state index is 12.0. The van der Waals surface area contributed by atoms with Crippen LogP contribution in [0.5, 0.6) is 5.88 Å². The minimum Gasteiger partial charge on any atom is -0.475 e. The van der Waals surface area contributed by atoms with Crippen molar-refractivity contribution in [1.29, 1.82) is 0 Å². The lowest BCUT2D eigenvalue weighted by atomic mass is 10.3. The van der Waals surface area contributed by atoms with Gasteiger partial charge in [0.15, 0.2) is 5.96 Å². The molecule has 0 fully saturated rings. The van der Waals surface area contributed by atoms with Crippen LogP contribution in [0.3, 0.4) is 0 Å². The summed E-state index contributed by atoms with van der Waals surface area (Å²) in [6, 6.07) is 3.70. The zero-order valence-electron chi connectivity index (χ0n) is 18.2. The molecule has 8 nitrogen and oxygen atoms in total. The van der Waals surface area contributed by atoms with Gasteiger partial charge in [0.2, 0.25) is 5.88 Å². The molecule has 0 radical (unpaired) electrons. The summed E-state index contributed by atoms with van der Waals surface area (Å²) in [6.45, 7) is 10.4. The quantitative estimate of drug-likeness (QED) is 0.224. The summed E-state index contributed by atoms with van der Waals surface area (Å²) in [5.41, 5.74) is 1.68. The fraction of sp³-hybridized carbons (Fsp3) is 0.500. The molecule has 2 aromatic heterocycles. The Bertz CT molecular complexity index is 839. The van der Waals surface area contributed by atoms with E-state index in [1.807, 2.05) is 39.8 Å². The average molecular weight is 547 g/mol. The third-order valence-corrected chi connectivity index (χ3v) is 5.16. The van der Waals surface area contributed by atoms with E-state index in [4.69, 9.17) is 9.47 Å². The fourth-order valence-corrected chi connectivity index (χ4v) is 3.43. The number of carbonyl (C=O) groups is 1. The highest BCUT2D eigenvalue weighted by Gasteiger charge is 2.20. The summed E-state index contributed by atoms with van der Waals surface area (Å²) in [6.07, 6.45) is 1.87. The van der Waals surface area contributed by atoms with E-state index in [0.717, 1.165) is 10.6 Å². The number of rotatable bonds is 8. The summed E-state index contributed by atoms with van der Waals surface area (Å²) in [5.74, 6) is 0.905. The van der Waals surface area contributed by atoms with Crippen molar-refractivity contribution in [3.63, 3.8) is 0 Å². The second-order valence-electron chi connectivity index (χ2n) is 6.65. The van der Waals surface area contributed by atoms with E-state index in [-0.39, 0.29) is 42.1 Å². The fourth-order valence-electron chi connectivity index (χ4n) is 2.46. The van der Waals surface area contributed by atoms with Crippen molar-refractivity contribution in [3.05, 3.63) is 39.5 Å². The third-order valence-electron chi connectivity index (χ3n) is 3.84. The number of guanidine groups is 1. The Balaban J connectivity index is 0.00000450. The van der Waals surface area contributed by atoms with Crippen molar-refractivity contribution in [2.45, 2.75) is 53.3 Å². The molecule has 2 N–H and O–H groups in total. The van der Waals surface area contributed by atoms with Crippen molar-refractivity contribution in [2.75, 3.05) is 13.7 Å². The molecule has 0 aromatic carbocycles. The number of halogens is 1. The van der Waals surface area contributed by atoms with Crippen molar-refractivity contribution < 1.29 is 14.3 Å². The molecule has 0 aliphatic rings. The topological polar surface area (TPSA) is 97.7 Å². The molecule has 0 saturated heterocycles. The van der Waals surface area contributed by atoms with Gasteiger partial charge in [0.1, 0.15) is 9.88 Å². The Morgan fingerprint density at radius 3 is 2.60 bits per heavy atom. The summed E-state index contributed by atoms with van der Waals surface area (Å²) in [4.78, 5) is 25.6. The first kappa shape index (κ1) is 26.1. The van der Waals surface area contributed by atoms with Crippen LogP contribution in [0.4, 0.5) is 0 Å². The zero-order chi connectivity index (χ0) is 21.4. The van der Waals surface area contributed by atoms with Crippen molar-refractivity contribution in [1.82, 2.24) is 20.6 Å². The van der Waals surface area contributed by atoms with Crippen molar-refractivity contribution in [3.8, 4) is 5.88 Å². The highest BCUT2D eigenvalue weighted by atomic mass is 127. The summed E-state index contributed by atoms with van der Waals surface area (Å²) < 4.78 is 10.6. The predicted molar refractivity (Wildman–Crippen MR) is 130 cm³/mol. The standard InChI is InChI=1S/C20H29N5O3S.HI/c1-7-27-19(26)17-13(4)24-18(29-17)14(5)25-20(21-6)23-11-15-8-9-16(22-10-15)28-12(2)3;/h8-10,12,14H,7,11H2,1-6H3,(H2,21,23,25);1H. The number of hydrogen-bond acceptors (Lipinski definition) is 7. The normalized spacial score (nSPS) is 12.2. The maximum atomic E-state index is 12.0. The van der Waals surface area contributed by atoms with Gasteiger partial charge in [-0.1, -0.05) is 6.07 Å². The first-order valence-corrected chi connectivity index (χ1v) is 10.4. The van der Waals surface area contributed by atoms with Gasteiger partial charge in [0.05, 0.1) is 24.4 Å². The Morgan fingerprint density at radius 1 is 1.30 bits per heavy atom. The van der Waals surface area contributed by atoms with E-state index < -0.39 is 0 Å². The van der Waals surface area contributed by atoms with E-state index in [1.54, 1.807) is 20.2 Å². The van der Waals surface area contributed by atoms with E-state index in [2.05, 4.69) is 25.6 Å². The van der Waals surface area contributed by atoms with Crippen LogP contribution in [-0.4, -0.2) is 41.7 Å². The number of esters is 1. The van der Waals surface area contributed by atoms with Crippen LogP contribution in [-0.2, 0) is 11.3 Å². The van der Waals surface area contributed by atoms with Crippen LogP contribution in [0.15, 0.2) is 23.3 Å². The first-order chi connectivity index (χ1) is 13.8. The monoisotopic (exact) mass is 547 g/mol.